The maximum Gasteiger partial charge on any atom is 0.0679 e. The monoisotopic (exact) mass is 172 g/mol. The third kappa shape index (κ3) is 3.09. The number of hydrogen-bond donors (Lipinski definition) is 2. The van der Waals surface area contributed by atoms with Crippen molar-refractivity contribution in [2.45, 2.75) is 19.4 Å². The number of likely N-dealkylation sites (tertiary alicyclic amines) is 1. The minimum Gasteiger partial charge on any atom is -0.392 e. The maximum atomic E-state index is 9.29. The zero-order chi connectivity index (χ0) is 8.97. The fourth-order valence-corrected chi connectivity index (χ4v) is 1.83. The molecule has 72 valence electrons. The van der Waals surface area contributed by atoms with Crippen molar-refractivity contribution in [2.75, 3.05) is 33.2 Å². The summed E-state index contributed by atoms with van der Waals surface area (Å²) in [4.78, 5) is 2.34. The van der Waals surface area contributed by atoms with Gasteiger partial charge in [0.25, 0.3) is 0 Å². The van der Waals surface area contributed by atoms with Crippen molar-refractivity contribution in [2.24, 2.45) is 5.92 Å². The smallest absolute Gasteiger partial charge is 0.0679 e. The third-order valence-corrected chi connectivity index (χ3v) is 2.37. The van der Waals surface area contributed by atoms with Gasteiger partial charge in [0.1, 0.15) is 0 Å². The maximum absolute atomic E-state index is 9.29. The molecule has 0 aromatic carbocycles. The first-order valence-electron chi connectivity index (χ1n) is 4.77. The van der Waals surface area contributed by atoms with Crippen LogP contribution in [0.3, 0.4) is 0 Å². The van der Waals surface area contributed by atoms with Crippen LogP contribution in [0.1, 0.15) is 13.3 Å². The van der Waals surface area contributed by atoms with E-state index in [-0.39, 0.29) is 6.10 Å². The number of nitrogens with one attached hydrogen (secondary N) is 1. The first-order valence-corrected chi connectivity index (χ1v) is 4.77. The highest BCUT2D eigenvalue weighted by molar-refractivity contribution is 4.75. The number of aliphatic hydroxyl groups excluding tert-OH is 1. The lowest BCUT2D eigenvalue weighted by atomic mass is 10.2. The van der Waals surface area contributed by atoms with E-state index in [9.17, 15) is 5.11 Å². The van der Waals surface area contributed by atoms with Gasteiger partial charge in [-0.25, -0.2) is 0 Å². The summed E-state index contributed by atoms with van der Waals surface area (Å²) in [7, 11) is 1.98. The Labute approximate surface area is 74.8 Å². The quantitative estimate of drug-likeness (QED) is 0.622. The molecule has 0 spiro atoms. The zero-order valence-corrected chi connectivity index (χ0v) is 8.08. The van der Waals surface area contributed by atoms with Gasteiger partial charge in [0, 0.05) is 19.6 Å². The molecule has 0 aromatic heterocycles. The van der Waals surface area contributed by atoms with E-state index in [4.69, 9.17) is 0 Å². The molecule has 2 atom stereocenters. The fourth-order valence-electron chi connectivity index (χ4n) is 1.83. The van der Waals surface area contributed by atoms with Crippen LogP contribution in [0.15, 0.2) is 0 Å². The molecule has 0 aliphatic carbocycles. The van der Waals surface area contributed by atoms with Crippen molar-refractivity contribution in [3.63, 3.8) is 0 Å². The van der Waals surface area contributed by atoms with Gasteiger partial charge in [-0.15, -0.1) is 0 Å². The average Bonchev–Trinajstić information content (AvgIpc) is 2.36. The summed E-state index contributed by atoms with van der Waals surface area (Å²) in [6, 6.07) is 0. The first-order chi connectivity index (χ1) is 5.72. The minimum absolute atomic E-state index is 0.0771. The normalized spacial score (nSPS) is 27.8. The molecule has 1 fully saturated rings. The van der Waals surface area contributed by atoms with Crippen molar-refractivity contribution in [3.8, 4) is 0 Å². The van der Waals surface area contributed by atoms with Gasteiger partial charge >= 0.3 is 0 Å². The van der Waals surface area contributed by atoms with Gasteiger partial charge in [-0.1, -0.05) is 6.92 Å². The van der Waals surface area contributed by atoms with Gasteiger partial charge in [-0.05, 0) is 25.9 Å². The van der Waals surface area contributed by atoms with Gasteiger partial charge in [0.15, 0.2) is 0 Å². The van der Waals surface area contributed by atoms with Gasteiger partial charge in [-0.3, -0.25) is 0 Å². The summed E-state index contributed by atoms with van der Waals surface area (Å²) in [5.74, 6) is 0.681. The second-order valence-electron chi connectivity index (χ2n) is 3.86. The van der Waals surface area contributed by atoms with Gasteiger partial charge in [0.05, 0.1) is 6.10 Å². The van der Waals surface area contributed by atoms with E-state index in [0.717, 1.165) is 32.6 Å². The van der Waals surface area contributed by atoms with Crippen LogP contribution in [0.4, 0.5) is 0 Å². The lowest BCUT2D eigenvalue weighted by molar-refractivity contribution is 0.171. The summed E-state index contributed by atoms with van der Waals surface area (Å²) in [5.41, 5.74) is 0. The van der Waals surface area contributed by atoms with Crippen molar-refractivity contribution in [1.29, 1.82) is 0 Å². The predicted octanol–water partition coefficient (Wildman–Crippen LogP) is -0.0915. The molecular formula is C9H20N2O. The SMILES string of the molecule is CNCC(C)CN1CCC(O)C1. The number of nitrogens with zero attached hydrogens (tertiary/aromatic N) is 1. The van der Waals surface area contributed by atoms with E-state index in [0.29, 0.717) is 5.92 Å². The predicted molar refractivity (Wildman–Crippen MR) is 50.2 cm³/mol. The fraction of sp³-hybridized carbons (Fsp3) is 1.00. The molecule has 1 heterocycles. The van der Waals surface area contributed by atoms with Crippen molar-refractivity contribution >= 4 is 0 Å². The standard InChI is InChI=1S/C9H20N2O/c1-8(5-10-2)6-11-4-3-9(12)7-11/h8-10,12H,3-7H2,1-2H3. The Hall–Kier alpha value is -0.120. The lowest BCUT2D eigenvalue weighted by Crippen LogP contribution is -2.31. The Kier molecular flexibility index (Phi) is 3.98. The summed E-state index contributed by atoms with van der Waals surface area (Å²) in [5, 5.41) is 12.4. The van der Waals surface area contributed by atoms with E-state index in [1.807, 2.05) is 7.05 Å². The molecule has 0 bridgehead atoms. The Morgan fingerprint density at radius 1 is 1.67 bits per heavy atom. The van der Waals surface area contributed by atoms with Crippen LogP contribution in [0, 0.1) is 5.92 Å². The summed E-state index contributed by atoms with van der Waals surface area (Å²) in [6.07, 6.45) is 0.874. The molecular weight excluding hydrogens is 152 g/mol. The largest absolute Gasteiger partial charge is 0.392 e. The Morgan fingerprint density at radius 3 is 2.92 bits per heavy atom. The molecule has 1 saturated heterocycles. The number of rotatable bonds is 4. The van der Waals surface area contributed by atoms with Crippen molar-refractivity contribution in [3.05, 3.63) is 0 Å². The number of β-amino-alcohol motifs (C(OH)–C–C–N with tert-alkyl or cyclic N) is 1. The molecule has 1 rings (SSSR count). The number of hydrogen-bond acceptors (Lipinski definition) is 3. The Bertz CT molecular complexity index is 130. The molecule has 0 amide bonds. The molecule has 2 N–H and O–H groups in total. The van der Waals surface area contributed by atoms with Crippen LogP contribution in [0.2, 0.25) is 0 Å². The molecule has 0 radical (unpaired) electrons. The Balaban J connectivity index is 2.14. The summed E-state index contributed by atoms with van der Waals surface area (Å²) >= 11 is 0. The van der Waals surface area contributed by atoms with Gasteiger partial charge in [0.2, 0.25) is 0 Å². The van der Waals surface area contributed by atoms with Crippen molar-refractivity contribution < 1.29 is 5.11 Å². The van der Waals surface area contributed by atoms with Crippen LogP contribution in [0.5, 0.6) is 0 Å². The van der Waals surface area contributed by atoms with Gasteiger partial charge in [-0.2, -0.15) is 0 Å². The van der Waals surface area contributed by atoms with Gasteiger partial charge < -0.3 is 15.3 Å². The minimum atomic E-state index is -0.0771. The van der Waals surface area contributed by atoms with Crippen LogP contribution < -0.4 is 5.32 Å². The molecule has 0 saturated carbocycles. The Morgan fingerprint density at radius 2 is 2.42 bits per heavy atom. The molecule has 1 aliphatic rings. The zero-order valence-electron chi connectivity index (χ0n) is 8.08. The topological polar surface area (TPSA) is 35.5 Å². The average molecular weight is 172 g/mol. The number of aliphatic hydroxyl groups is 1. The molecule has 2 unspecified atom stereocenters. The van der Waals surface area contributed by atoms with Crippen LogP contribution in [0.25, 0.3) is 0 Å². The van der Waals surface area contributed by atoms with Crippen LogP contribution in [-0.4, -0.2) is 49.3 Å². The first kappa shape index (κ1) is 9.96. The summed E-state index contributed by atoms with van der Waals surface area (Å²) in [6.45, 7) is 6.34. The van der Waals surface area contributed by atoms with Crippen LogP contribution >= 0.6 is 0 Å². The third-order valence-electron chi connectivity index (χ3n) is 2.37. The molecule has 3 nitrogen and oxygen atoms in total. The highest BCUT2D eigenvalue weighted by Crippen LogP contribution is 2.10. The highest BCUT2D eigenvalue weighted by atomic mass is 16.3. The molecule has 3 heteroatoms. The van der Waals surface area contributed by atoms with E-state index >= 15 is 0 Å². The molecule has 12 heavy (non-hydrogen) atoms. The second kappa shape index (κ2) is 4.80. The lowest BCUT2D eigenvalue weighted by Gasteiger charge is -2.19. The van der Waals surface area contributed by atoms with E-state index in [1.165, 1.54) is 0 Å². The van der Waals surface area contributed by atoms with Crippen molar-refractivity contribution in [1.82, 2.24) is 10.2 Å². The second-order valence-corrected chi connectivity index (χ2v) is 3.86. The molecule has 0 aromatic rings. The van der Waals surface area contributed by atoms with E-state index in [1.54, 1.807) is 0 Å². The highest BCUT2D eigenvalue weighted by Gasteiger charge is 2.20. The summed E-state index contributed by atoms with van der Waals surface area (Å²) < 4.78 is 0. The van der Waals surface area contributed by atoms with E-state index in [2.05, 4.69) is 17.1 Å². The van der Waals surface area contributed by atoms with E-state index < -0.39 is 0 Å². The van der Waals surface area contributed by atoms with Crippen LogP contribution in [-0.2, 0) is 0 Å². The molecule has 1 aliphatic heterocycles.